The van der Waals surface area contributed by atoms with Gasteiger partial charge in [0.05, 0.1) is 30.3 Å². The van der Waals surface area contributed by atoms with E-state index in [4.69, 9.17) is 37.8 Å². The Kier molecular flexibility index (Phi) is 8.28. The van der Waals surface area contributed by atoms with Crippen molar-refractivity contribution in [3.8, 4) is 0 Å². The van der Waals surface area contributed by atoms with Crippen LogP contribution in [0.2, 0.25) is 10.0 Å². The Balaban J connectivity index is 0.000000269. The standard InChI is InChI=1S/C16H18Cl2N2O3.C7H6O2/c1-2-15-19-5-6-20(15)10-16(22-9-12(8-21)23-16)13-4-3-11(17)7-14(13)18;8-7(9)6-4-2-1-3-5-6/h3-7,12,21H,2,8-10H2,1H3;1-5H,(H,8,9)/t12-,16-;/m1./s1. The van der Waals surface area contributed by atoms with Crippen LogP contribution in [0.15, 0.2) is 60.9 Å². The molecule has 2 N–H and O–H groups in total. The lowest BCUT2D eigenvalue weighted by atomic mass is 10.1. The van der Waals surface area contributed by atoms with E-state index in [9.17, 15) is 9.90 Å². The van der Waals surface area contributed by atoms with Gasteiger partial charge in [-0.1, -0.05) is 54.4 Å². The quantitative estimate of drug-likeness (QED) is 0.545. The van der Waals surface area contributed by atoms with Gasteiger partial charge < -0.3 is 24.3 Å². The number of carboxylic acid groups (broad SMARTS) is 1. The fourth-order valence-electron chi connectivity index (χ4n) is 3.37. The highest BCUT2D eigenvalue weighted by Gasteiger charge is 2.45. The molecule has 2 atom stereocenters. The third kappa shape index (κ3) is 5.68. The van der Waals surface area contributed by atoms with E-state index in [-0.39, 0.29) is 6.61 Å². The molecule has 0 saturated carbocycles. The second-order valence-electron chi connectivity index (χ2n) is 7.11. The van der Waals surface area contributed by atoms with Gasteiger partial charge in [-0.3, -0.25) is 0 Å². The van der Waals surface area contributed by atoms with Crippen LogP contribution < -0.4 is 0 Å². The number of imidazole rings is 1. The number of aryl methyl sites for hydroxylation is 1. The number of hydrogen-bond acceptors (Lipinski definition) is 5. The number of halogens is 2. The van der Waals surface area contributed by atoms with Crippen LogP contribution in [-0.4, -0.2) is 45.1 Å². The molecule has 0 amide bonds. The largest absolute Gasteiger partial charge is 0.478 e. The molecule has 1 saturated heterocycles. The summed E-state index contributed by atoms with van der Waals surface area (Å²) in [5.74, 6) is -1.02. The third-order valence-corrected chi connectivity index (χ3v) is 5.47. The average molecular weight is 479 g/mol. The lowest BCUT2D eigenvalue weighted by Gasteiger charge is -2.30. The van der Waals surface area contributed by atoms with Gasteiger partial charge in [0.15, 0.2) is 0 Å². The van der Waals surface area contributed by atoms with Crippen LogP contribution in [0, 0.1) is 0 Å². The van der Waals surface area contributed by atoms with Crippen LogP contribution in [0.4, 0.5) is 0 Å². The first-order valence-corrected chi connectivity index (χ1v) is 10.8. The Bertz CT molecular complexity index is 1040. The van der Waals surface area contributed by atoms with Crippen molar-refractivity contribution in [1.82, 2.24) is 9.55 Å². The number of nitrogens with zero attached hydrogens (tertiary/aromatic N) is 2. The molecule has 1 aliphatic rings. The van der Waals surface area contributed by atoms with E-state index >= 15 is 0 Å². The Morgan fingerprint density at radius 2 is 2.00 bits per heavy atom. The highest BCUT2D eigenvalue weighted by molar-refractivity contribution is 6.35. The first kappa shape index (κ1) is 24.2. The molecule has 0 bridgehead atoms. The average Bonchev–Trinajstić information content (AvgIpc) is 3.42. The number of carbonyl (C=O) groups is 1. The van der Waals surface area contributed by atoms with Gasteiger partial charge in [-0.05, 0) is 24.3 Å². The fraction of sp³-hybridized carbons (Fsp3) is 0.304. The highest BCUT2D eigenvalue weighted by Crippen LogP contribution is 2.40. The van der Waals surface area contributed by atoms with E-state index in [1.165, 1.54) is 0 Å². The van der Waals surface area contributed by atoms with Crippen LogP contribution in [0.5, 0.6) is 0 Å². The lowest BCUT2D eigenvalue weighted by molar-refractivity contribution is -0.190. The second-order valence-corrected chi connectivity index (χ2v) is 7.95. The van der Waals surface area contributed by atoms with Crippen molar-refractivity contribution in [2.45, 2.75) is 31.8 Å². The third-order valence-electron chi connectivity index (χ3n) is 4.92. The van der Waals surface area contributed by atoms with E-state index < -0.39 is 17.9 Å². The minimum atomic E-state index is -1.07. The van der Waals surface area contributed by atoms with Gasteiger partial charge in [-0.2, -0.15) is 0 Å². The van der Waals surface area contributed by atoms with Gasteiger partial charge >= 0.3 is 5.97 Å². The first-order chi connectivity index (χ1) is 15.4. The minimum Gasteiger partial charge on any atom is -0.478 e. The number of hydrogen-bond donors (Lipinski definition) is 2. The van der Waals surface area contributed by atoms with Crippen molar-refractivity contribution in [2.24, 2.45) is 0 Å². The van der Waals surface area contributed by atoms with Crippen LogP contribution in [0.25, 0.3) is 0 Å². The molecule has 1 aromatic heterocycles. The number of aliphatic hydroxyl groups is 1. The summed E-state index contributed by atoms with van der Waals surface area (Å²) in [6.45, 7) is 2.62. The topological polar surface area (TPSA) is 93.8 Å². The van der Waals surface area contributed by atoms with Crippen molar-refractivity contribution >= 4 is 29.2 Å². The van der Waals surface area contributed by atoms with Crippen molar-refractivity contribution in [1.29, 1.82) is 0 Å². The molecule has 7 nitrogen and oxygen atoms in total. The number of aromatic nitrogens is 2. The Labute approximate surface area is 196 Å². The minimum absolute atomic E-state index is 0.114. The summed E-state index contributed by atoms with van der Waals surface area (Å²) >= 11 is 12.4. The van der Waals surface area contributed by atoms with Crippen molar-refractivity contribution < 1.29 is 24.5 Å². The summed E-state index contributed by atoms with van der Waals surface area (Å²) in [5, 5.41) is 18.8. The number of aliphatic hydroxyl groups excluding tert-OH is 1. The number of ether oxygens (including phenoxy) is 2. The van der Waals surface area contributed by atoms with Crippen molar-refractivity contribution in [3.63, 3.8) is 0 Å². The summed E-state index contributed by atoms with van der Waals surface area (Å²) in [6, 6.07) is 13.5. The predicted octanol–water partition coefficient (Wildman–Crippen LogP) is 4.40. The highest BCUT2D eigenvalue weighted by atomic mass is 35.5. The molecule has 1 fully saturated rings. The monoisotopic (exact) mass is 478 g/mol. The Hall–Kier alpha value is -2.42. The predicted molar refractivity (Wildman–Crippen MR) is 121 cm³/mol. The van der Waals surface area contributed by atoms with Gasteiger partial charge in [0, 0.05) is 29.4 Å². The molecule has 3 aromatic rings. The molecule has 9 heteroatoms. The number of aromatic carboxylic acids is 1. The van der Waals surface area contributed by atoms with Crippen molar-refractivity contribution in [3.05, 3.63) is 87.9 Å². The Morgan fingerprint density at radius 1 is 1.25 bits per heavy atom. The molecule has 0 unspecified atom stereocenters. The molecule has 0 spiro atoms. The summed E-state index contributed by atoms with van der Waals surface area (Å²) in [6.07, 6.45) is 4.02. The number of rotatable bonds is 6. The zero-order valence-electron chi connectivity index (χ0n) is 17.4. The lowest BCUT2D eigenvalue weighted by Crippen LogP contribution is -2.34. The molecule has 170 valence electrons. The molecule has 0 radical (unpaired) electrons. The van der Waals surface area contributed by atoms with E-state index in [0.717, 1.165) is 12.2 Å². The Morgan fingerprint density at radius 3 is 2.56 bits per heavy atom. The number of carboxylic acids is 1. The summed E-state index contributed by atoms with van der Waals surface area (Å²) in [7, 11) is 0. The zero-order valence-corrected chi connectivity index (χ0v) is 19.0. The first-order valence-electron chi connectivity index (χ1n) is 10.0. The van der Waals surface area contributed by atoms with Gasteiger partial charge in [-0.15, -0.1) is 0 Å². The molecule has 32 heavy (non-hydrogen) atoms. The second kappa shape index (κ2) is 10.9. The van der Waals surface area contributed by atoms with Crippen LogP contribution in [0.1, 0.15) is 28.7 Å². The van der Waals surface area contributed by atoms with Gasteiger partial charge in [0.1, 0.15) is 11.9 Å². The summed E-state index contributed by atoms with van der Waals surface area (Å²) in [4.78, 5) is 14.5. The molecule has 0 aliphatic carbocycles. The molecule has 4 rings (SSSR count). The van der Waals surface area contributed by atoms with E-state index in [2.05, 4.69) is 4.98 Å². The zero-order chi connectivity index (χ0) is 23.1. The normalized spacial score (nSPS) is 19.9. The van der Waals surface area contributed by atoms with Gasteiger partial charge in [0.25, 0.3) is 0 Å². The van der Waals surface area contributed by atoms with Crippen molar-refractivity contribution in [2.75, 3.05) is 13.2 Å². The SMILES string of the molecule is CCc1nccn1C[C@@]1(c2ccc(Cl)cc2Cl)OC[C@@H](CO)O1.O=C(O)c1ccccc1. The van der Waals surface area contributed by atoms with Crippen LogP contribution >= 0.6 is 23.2 Å². The van der Waals surface area contributed by atoms with E-state index in [0.29, 0.717) is 34.3 Å². The maximum absolute atomic E-state index is 10.2. The van der Waals surface area contributed by atoms with Gasteiger partial charge in [0.2, 0.25) is 5.79 Å². The summed E-state index contributed by atoms with van der Waals surface area (Å²) in [5.41, 5.74) is 1.02. The molecular formula is C23H24Cl2N2O5. The van der Waals surface area contributed by atoms with E-state index in [1.807, 2.05) is 17.7 Å². The van der Waals surface area contributed by atoms with Gasteiger partial charge in [-0.25, -0.2) is 9.78 Å². The maximum Gasteiger partial charge on any atom is 0.335 e. The molecule has 1 aliphatic heterocycles. The molecule has 2 heterocycles. The molecule has 2 aromatic carbocycles. The van der Waals surface area contributed by atoms with Crippen LogP contribution in [-0.2, 0) is 28.2 Å². The van der Waals surface area contributed by atoms with Crippen LogP contribution in [0.3, 0.4) is 0 Å². The smallest absolute Gasteiger partial charge is 0.335 e. The fourth-order valence-corrected chi connectivity index (χ4v) is 3.92. The number of benzene rings is 2. The van der Waals surface area contributed by atoms with E-state index in [1.54, 1.807) is 54.7 Å². The summed E-state index contributed by atoms with van der Waals surface area (Å²) < 4.78 is 14.0. The maximum atomic E-state index is 10.2. The molecular weight excluding hydrogens is 455 g/mol.